The Balaban J connectivity index is 1.90. The second-order valence-corrected chi connectivity index (χ2v) is 3.51. The highest BCUT2D eigenvalue weighted by Crippen LogP contribution is 2.25. The van der Waals surface area contributed by atoms with Crippen LogP contribution in [0.15, 0.2) is 33.6 Å². The number of aromatic nitrogens is 3. The van der Waals surface area contributed by atoms with Crippen LogP contribution in [0, 0.1) is 0 Å². The number of rotatable bonds is 3. The molecule has 2 heterocycles. The molecule has 2 aromatic heterocycles. The Kier molecular flexibility index (Phi) is 2.14. The van der Waals surface area contributed by atoms with Crippen LogP contribution in [-0.4, -0.2) is 15.5 Å². The Morgan fingerprint density at radius 2 is 2.00 bits per heavy atom. The lowest BCUT2D eigenvalue weighted by molar-refractivity contribution is 0.315. The number of anilines is 2. The van der Waals surface area contributed by atoms with Gasteiger partial charge in [0, 0.05) is 6.07 Å². The van der Waals surface area contributed by atoms with E-state index in [0.717, 1.165) is 11.4 Å². The van der Waals surface area contributed by atoms with Crippen LogP contribution in [-0.2, 0) is 6.54 Å². The van der Waals surface area contributed by atoms with Crippen molar-refractivity contribution < 1.29 is 9.15 Å². The lowest BCUT2D eigenvalue weighted by atomic mass is 10.2. The molecule has 0 aliphatic carbocycles. The molecule has 0 spiro atoms. The summed E-state index contributed by atoms with van der Waals surface area (Å²) in [4.78, 5) is 0. The molecule has 17 heavy (non-hydrogen) atoms. The lowest BCUT2D eigenvalue weighted by Gasteiger charge is -2.04. The van der Waals surface area contributed by atoms with Crippen LogP contribution in [0.2, 0.25) is 0 Å². The van der Waals surface area contributed by atoms with E-state index in [9.17, 15) is 0 Å². The molecule has 3 aromatic rings. The Hall–Kier alpha value is -2.57. The molecule has 0 bridgehead atoms. The summed E-state index contributed by atoms with van der Waals surface area (Å²) in [6, 6.07) is 5.35. The number of nitrogens with one attached hydrogen (secondary N) is 1. The first-order valence-electron chi connectivity index (χ1n) is 4.98. The summed E-state index contributed by atoms with van der Waals surface area (Å²) >= 11 is 0. The van der Waals surface area contributed by atoms with Crippen LogP contribution in [0.5, 0.6) is 0 Å². The van der Waals surface area contributed by atoms with Crippen molar-refractivity contribution in [2.24, 2.45) is 0 Å². The minimum atomic E-state index is 0.530. The van der Waals surface area contributed by atoms with Crippen molar-refractivity contribution in [2.45, 2.75) is 6.54 Å². The SMILES string of the molecule is Nc1ccc(NCc2ccon2)c2nonc12. The average molecular weight is 231 g/mol. The molecule has 0 saturated carbocycles. The van der Waals surface area contributed by atoms with Crippen LogP contribution in [0.1, 0.15) is 5.69 Å². The predicted molar refractivity (Wildman–Crippen MR) is 60.0 cm³/mol. The first-order chi connectivity index (χ1) is 8.34. The molecule has 1 aromatic carbocycles. The second-order valence-electron chi connectivity index (χ2n) is 3.51. The number of benzene rings is 1. The van der Waals surface area contributed by atoms with Gasteiger partial charge in [-0.15, -0.1) is 0 Å². The quantitative estimate of drug-likeness (QED) is 0.656. The van der Waals surface area contributed by atoms with Crippen molar-refractivity contribution in [3.8, 4) is 0 Å². The summed E-state index contributed by atoms with van der Waals surface area (Å²) in [7, 11) is 0. The standard InChI is InChI=1S/C10H9N5O2/c11-7-1-2-8(10-9(7)14-17-15-10)12-5-6-3-4-16-13-6/h1-4,12H,5,11H2. The van der Waals surface area contributed by atoms with Gasteiger partial charge in [0.15, 0.2) is 11.0 Å². The van der Waals surface area contributed by atoms with Crippen LogP contribution in [0.25, 0.3) is 11.0 Å². The van der Waals surface area contributed by atoms with E-state index in [1.807, 2.05) is 6.07 Å². The number of nitrogens with two attached hydrogens (primary N) is 1. The Bertz CT molecular complexity index is 631. The van der Waals surface area contributed by atoms with Crippen LogP contribution in [0.4, 0.5) is 11.4 Å². The zero-order valence-electron chi connectivity index (χ0n) is 8.75. The maximum atomic E-state index is 5.74. The van der Waals surface area contributed by atoms with Crippen LogP contribution >= 0.6 is 0 Å². The molecular weight excluding hydrogens is 222 g/mol. The number of hydrogen-bond donors (Lipinski definition) is 2. The van der Waals surface area contributed by atoms with Gasteiger partial charge >= 0.3 is 0 Å². The molecule has 0 saturated heterocycles. The van der Waals surface area contributed by atoms with Crippen LogP contribution < -0.4 is 11.1 Å². The van der Waals surface area contributed by atoms with Gasteiger partial charge in [0.25, 0.3) is 0 Å². The summed E-state index contributed by atoms with van der Waals surface area (Å²) in [5, 5.41) is 14.5. The third-order valence-electron chi connectivity index (χ3n) is 2.40. The summed E-state index contributed by atoms with van der Waals surface area (Å²) < 4.78 is 9.41. The maximum Gasteiger partial charge on any atom is 0.160 e. The molecule has 3 rings (SSSR count). The van der Waals surface area contributed by atoms with Gasteiger partial charge in [0.2, 0.25) is 0 Å². The highest BCUT2D eigenvalue weighted by Gasteiger charge is 2.09. The molecule has 7 heteroatoms. The van der Waals surface area contributed by atoms with Gasteiger partial charge in [-0.2, -0.15) is 0 Å². The summed E-state index contributed by atoms with van der Waals surface area (Å²) in [6.07, 6.45) is 1.52. The van der Waals surface area contributed by atoms with E-state index in [4.69, 9.17) is 10.3 Å². The van der Waals surface area contributed by atoms with E-state index in [2.05, 4.69) is 25.4 Å². The third kappa shape index (κ3) is 1.67. The van der Waals surface area contributed by atoms with Gasteiger partial charge in [-0.1, -0.05) is 5.16 Å². The number of nitrogen functional groups attached to an aromatic ring is 1. The zero-order valence-corrected chi connectivity index (χ0v) is 8.75. The van der Waals surface area contributed by atoms with E-state index in [1.165, 1.54) is 6.26 Å². The monoisotopic (exact) mass is 231 g/mol. The topological polar surface area (TPSA) is 103 Å². The fourth-order valence-corrected chi connectivity index (χ4v) is 1.54. The largest absolute Gasteiger partial charge is 0.397 e. The number of fused-ring (bicyclic) bond motifs is 1. The molecule has 0 unspecified atom stereocenters. The van der Waals surface area contributed by atoms with Crippen molar-refractivity contribution in [2.75, 3.05) is 11.1 Å². The fourth-order valence-electron chi connectivity index (χ4n) is 1.54. The molecule has 0 radical (unpaired) electrons. The highest BCUT2D eigenvalue weighted by atomic mass is 16.6. The molecule has 86 valence electrons. The van der Waals surface area contributed by atoms with Crippen molar-refractivity contribution >= 4 is 22.4 Å². The number of hydrogen-bond acceptors (Lipinski definition) is 7. The van der Waals surface area contributed by atoms with Crippen LogP contribution in [0.3, 0.4) is 0 Å². The Labute approximate surface area is 95.5 Å². The first kappa shape index (κ1) is 9.64. The van der Waals surface area contributed by atoms with Gasteiger partial charge in [-0.25, -0.2) is 4.63 Å². The van der Waals surface area contributed by atoms with E-state index in [1.54, 1.807) is 12.1 Å². The molecule has 3 N–H and O–H groups in total. The molecular formula is C10H9N5O2. The smallest absolute Gasteiger partial charge is 0.160 e. The van der Waals surface area contributed by atoms with Crippen molar-refractivity contribution in [3.63, 3.8) is 0 Å². The summed E-state index contributed by atoms with van der Waals surface area (Å²) in [6.45, 7) is 0.530. The Morgan fingerprint density at radius 3 is 2.82 bits per heavy atom. The van der Waals surface area contributed by atoms with Crippen molar-refractivity contribution in [1.29, 1.82) is 0 Å². The number of nitrogens with zero attached hydrogens (tertiary/aromatic N) is 3. The molecule has 0 atom stereocenters. The molecule has 0 aliphatic heterocycles. The van der Waals surface area contributed by atoms with E-state index >= 15 is 0 Å². The van der Waals surface area contributed by atoms with Gasteiger partial charge in [-0.05, 0) is 22.4 Å². The van der Waals surface area contributed by atoms with Crippen molar-refractivity contribution in [3.05, 3.63) is 30.2 Å². The maximum absolute atomic E-state index is 5.74. The van der Waals surface area contributed by atoms with E-state index in [0.29, 0.717) is 23.3 Å². The third-order valence-corrected chi connectivity index (χ3v) is 2.40. The van der Waals surface area contributed by atoms with Crippen molar-refractivity contribution in [1.82, 2.24) is 15.5 Å². The zero-order chi connectivity index (χ0) is 11.7. The molecule has 7 nitrogen and oxygen atoms in total. The van der Waals surface area contributed by atoms with Gasteiger partial charge in [0.1, 0.15) is 12.0 Å². The normalized spacial score (nSPS) is 10.8. The second kappa shape index (κ2) is 3.78. The Morgan fingerprint density at radius 1 is 1.12 bits per heavy atom. The minimum Gasteiger partial charge on any atom is -0.397 e. The molecule has 0 amide bonds. The summed E-state index contributed by atoms with van der Waals surface area (Å²) in [5.74, 6) is 0. The minimum absolute atomic E-state index is 0.530. The predicted octanol–water partition coefficient (Wildman–Crippen LogP) is 1.41. The lowest BCUT2D eigenvalue weighted by Crippen LogP contribution is -2.00. The molecule has 0 aliphatic rings. The fraction of sp³-hybridized carbons (Fsp3) is 0.100. The summed E-state index contributed by atoms with van der Waals surface area (Å²) in [5.41, 5.74) is 9.02. The molecule has 0 fully saturated rings. The van der Waals surface area contributed by atoms with E-state index in [-0.39, 0.29) is 0 Å². The first-order valence-corrected chi connectivity index (χ1v) is 4.98. The average Bonchev–Trinajstić information content (AvgIpc) is 2.99. The van der Waals surface area contributed by atoms with E-state index < -0.39 is 0 Å². The highest BCUT2D eigenvalue weighted by molar-refractivity contribution is 5.94. The van der Waals surface area contributed by atoms with Gasteiger partial charge in [0.05, 0.1) is 17.9 Å². The van der Waals surface area contributed by atoms with Gasteiger partial charge < -0.3 is 15.6 Å². The van der Waals surface area contributed by atoms with Gasteiger partial charge in [-0.3, -0.25) is 0 Å².